The summed E-state index contributed by atoms with van der Waals surface area (Å²) in [4.78, 5) is 0. The minimum atomic E-state index is 0.185. The van der Waals surface area contributed by atoms with E-state index in [4.69, 9.17) is 21.6 Å². The van der Waals surface area contributed by atoms with Gasteiger partial charge in [0.1, 0.15) is 0 Å². The molecule has 0 saturated carbocycles. The summed E-state index contributed by atoms with van der Waals surface area (Å²) < 4.78 is 7.80. The fourth-order valence-corrected chi connectivity index (χ4v) is 3.52. The Labute approximate surface area is 156 Å². The highest BCUT2D eigenvalue weighted by Gasteiger charge is 2.21. The van der Waals surface area contributed by atoms with Crippen molar-refractivity contribution in [3.8, 4) is 6.07 Å². The van der Waals surface area contributed by atoms with Gasteiger partial charge >= 0.3 is 0 Å². The molecule has 8 heteroatoms. The van der Waals surface area contributed by atoms with Crippen LogP contribution in [0.15, 0.2) is 23.4 Å². The van der Waals surface area contributed by atoms with Crippen LogP contribution in [-0.2, 0) is 17.8 Å². The molecule has 6 nitrogen and oxygen atoms in total. The number of halogens is 1. The van der Waals surface area contributed by atoms with Gasteiger partial charge in [-0.2, -0.15) is 5.26 Å². The Bertz CT molecular complexity index is 767. The molecule has 1 unspecified atom stereocenters. The second-order valence-electron chi connectivity index (χ2n) is 5.91. The van der Waals surface area contributed by atoms with Gasteiger partial charge in [-0.05, 0) is 37.5 Å². The fourth-order valence-electron chi connectivity index (χ4n) is 2.71. The summed E-state index contributed by atoms with van der Waals surface area (Å²) >= 11 is 7.58. The zero-order valence-corrected chi connectivity index (χ0v) is 15.6. The van der Waals surface area contributed by atoms with Crippen molar-refractivity contribution in [1.82, 2.24) is 14.8 Å². The molecule has 2 heterocycles. The normalized spacial score (nSPS) is 16.8. The van der Waals surface area contributed by atoms with Crippen LogP contribution in [0.5, 0.6) is 0 Å². The first-order chi connectivity index (χ1) is 12.2. The second kappa shape index (κ2) is 8.56. The lowest BCUT2D eigenvalue weighted by Crippen LogP contribution is -2.19. The first kappa shape index (κ1) is 18.1. The highest BCUT2D eigenvalue weighted by Crippen LogP contribution is 2.23. The van der Waals surface area contributed by atoms with Crippen LogP contribution in [0.4, 0.5) is 5.69 Å². The lowest BCUT2D eigenvalue weighted by Gasteiger charge is -2.15. The molecule has 1 N–H and O–H groups in total. The van der Waals surface area contributed by atoms with Gasteiger partial charge < -0.3 is 14.6 Å². The quantitative estimate of drug-likeness (QED) is 0.742. The van der Waals surface area contributed by atoms with Crippen molar-refractivity contribution < 1.29 is 4.74 Å². The van der Waals surface area contributed by atoms with E-state index in [0.29, 0.717) is 18.8 Å². The van der Waals surface area contributed by atoms with Crippen LogP contribution in [0.3, 0.4) is 0 Å². The largest absolute Gasteiger partial charge is 0.378 e. The van der Waals surface area contributed by atoms with Crippen LogP contribution in [0.1, 0.15) is 24.2 Å². The monoisotopic (exact) mass is 377 g/mol. The molecule has 132 valence electrons. The number of aromatic nitrogens is 3. The standard InChI is InChI=1S/C17H20ClN5OS/c1-12-4-5-13(9-15(12)18)20-10-16-21-22-17(25-8-6-19)23(16)11-14-3-2-7-24-14/h4-5,9,14,20H,2-3,7-8,10-11H2,1H3. The van der Waals surface area contributed by atoms with Crippen molar-refractivity contribution in [1.29, 1.82) is 5.26 Å². The van der Waals surface area contributed by atoms with Crippen molar-refractivity contribution in [3.63, 3.8) is 0 Å². The molecular weight excluding hydrogens is 358 g/mol. The van der Waals surface area contributed by atoms with Gasteiger partial charge in [-0.1, -0.05) is 29.4 Å². The average molecular weight is 378 g/mol. The number of nitrogens with one attached hydrogen (secondary N) is 1. The Morgan fingerprint density at radius 2 is 2.36 bits per heavy atom. The van der Waals surface area contributed by atoms with Gasteiger partial charge in [0, 0.05) is 17.3 Å². The van der Waals surface area contributed by atoms with Crippen LogP contribution in [0.2, 0.25) is 5.02 Å². The summed E-state index contributed by atoms with van der Waals surface area (Å²) in [6, 6.07) is 8.02. The fraction of sp³-hybridized carbons (Fsp3) is 0.471. The zero-order chi connectivity index (χ0) is 17.6. The van der Waals surface area contributed by atoms with Crippen LogP contribution >= 0.6 is 23.4 Å². The van der Waals surface area contributed by atoms with Gasteiger partial charge in [0.2, 0.25) is 0 Å². The molecule has 0 amide bonds. The average Bonchev–Trinajstić information content (AvgIpc) is 3.25. The second-order valence-corrected chi connectivity index (χ2v) is 7.26. The number of hydrogen-bond acceptors (Lipinski definition) is 6. The number of ether oxygens (including phenoxy) is 1. The van der Waals surface area contributed by atoms with Gasteiger partial charge in [-0.25, -0.2) is 0 Å². The molecule has 0 radical (unpaired) electrons. The van der Waals surface area contributed by atoms with Crippen molar-refractivity contribution >= 4 is 29.1 Å². The number of hydrogen-bond donors (Lipinski definition) is 1. The van der Waals surface area contributed by atoms with Crippen LogP contribution in [0, 0.1) is 18.3 Å². The summed E-state index contributed by atoms with van der Waals surface area (Å²) in [5, 5.41) is 22.2. The van der Waals surface area contributed by atoms with Crippen LogP contribution in [-0.4, -0.2) is 33.2 Å². The molecule has 1 aromatic heterocycles. The van der Waals surface area contributed by atoms with Gasteiger partial charge in [0.05, 0.1) is 31.0 Å². The Kier molecular flexibility index (Phi) is 6.19. The van der Waals surface area contributed by atoms with E-state index in [0.717, 1.165) is 46.7 Å². The smallest absolute Gasteiger partial charge is 0.192 e. The number of rotatable bonds is 7. The van der Waals surface area contributed by atoms with E-state index in [1.54, 1.807) is 0 Å². The number of anilines is 1. The molecule has 0 bridgehead atoms. The zero-order valence-electron chi connectivity index (χ0n) is 14.0. The number of thioether (sulfide) groups is 1. The SMILES string of the molecule is Cc1ccc(NCc2nnc(SCC#N)n2CC2CCCO2)cc1Cl. The van der Waals surface area contributed by atoms with E-state index in [9.17, 15) is 0 Å². The van der Waals surface area contributed by atoms with Gasteiger partial charge in [0.25, 0.3) is 0 Å². The molecule has 1 aliphatic rings. The van der Waals surface area contributed by atoms with Gasteiger partial charge in [-0.3, -0.25) is 0 Å². The van der Waals surface area contributed by atoms with E-state index in [1.165, 1.54) is 11.8 Å². The molecule has 1 aromatic carbocycles. The third-order valence-electron chi connectivity index (χ3n) is 4.09. The molecule has 0 aliphatic carbocycles. The summed E-state index contributed by atoms with van der Waals surface area (Å²) in [6.45, 7) is 4.03. The number of nitrogens with zero attached hydrogens (tertiary/aromatic N) is 4. The van der Waals surface area contributed by atoms with E-state index >= 15 is 0 Å². The topological polar surface area (TPSA) is 75.8 Å². The number of aryl methyl sites for hydroxylation is 1. The lowest BCUT2D eigenvalue weighted by atomic mass is 10.2. The molecule has 1 aliphatic heterocycles. The summed E-state index contributed by atoms with van der Waals surface area (Å²) in [6.07, 6.45) is 2.31. The van der Waals surface area contributed by atoms with Crippen molar-refractivity contribution in [3.05, 3.63) is 34.6 Å². The van der Waals surface area contributed by atoms with Crippen LogP contribution < -0.4 is 5.32 Å². The molecular formula is C17H20ClN5OS. The Balaban J connectivity index is 1.73. The first-order valence-electron chi connectivity index (χ1n) is 8.21. The van der Waals surface area contributed by atoms with E-state index in [-0.39, 0.29) is 6.10 Å². The lowest BCUT2D eigenvalue weighted by molar-refractivity contribution is 0.0942. The van der Waals surface area contributed by atoms with E-state index < -0.39 is 0 Å². The summed E-state index contributed by atoms with van der Waals surface area (Å²) in [5.41, 5.74) is 1.98. The third-order valence-corrected chi connectivity index (χ3v) is 5.33. The third kappa shape index (κ3) is 4.66. The molecule has 1 saturated heterocycles. The molecule has 1 fully saturated rings. The van der Waals surface area contributed by atoms with Gasteiger partial charge in [0.15, 0.2) is 11.0 Å². The molecule has 1 atom stereocenters. The van der Waals surface area contributed by atoms with Crippen molar-refractivity contribution in [2.24, 2.45) is 0 Å². The minimum absolute atomic E-state index is 0.185. The van der Waals surface area contributed by atoms with E-state index in [2.05, 4.69) is 26.2 Å². The molecule has 25 heavy (non-hydrogen) atoms. The molecule has 0 spiro atoms. The highest BCUT2D eigenvalue weighted by molar-refractivity contribution is 7.99. The van der Waals surface area contributed by atoms with Gasteiger partial charge in [-0.15, -0.1) is 10.2 Å². The highest BCUT2D eigenvalue weighted by atomic mass is 35.5. The first-order valence-corrected chi connectivity index (χ1v) is 9.57. The molecule has 3 rings (SSSR count). The summed E-state index contributed by atoms with van der Waals surface area (Å²) in [7, 11) is 0. The van der Waals surface area contributed by atoms with Crippen molar-refractivity contribution in [2.45, 2.75) is 44.1 Å². The summed E-state index contributed by atoms with van der Waals surface area (Å²) in [5.74, 6) is 1.18. The van der Waals surface area contributed by atoms with Crippen molar-refractivity contribution in [2.75, 3.05) is 17.7 Å². The number of nitriles is 1. The van der Waals surface area contributed by atoms with E-state index in [1.807, 2.05) is 25.1 Å². The maximum atomic E-state index is 8.83. The Morgan fingerprint density at radius 1 is 1.48 bits per heavy atom. The predicted molar refractivity (Wildman–Crippen MR) is 98.8 cm³/mol. The van der Waals surface area contributed by atoms with Crippen LogP contribution in [0.25, 0.3) is 0 Å². The predicted octanol–water partition coefficient (Wildman–Crippen LogP) is 3.65. The maximum absolute atomic E-state index is 8.83. The minimum Gasteiger partial charge on any atom is -0.378 e. The Morgan fingerprint density at radius 3 is 3.08 bits per heavy atom. The Hall–Kier alpha value is -1.75. The number of benzene rings is 1. The molecule has 2 aromatic rings. The maximum Gasteiger partial charge on any atom is 0.192 e.